The van der Waals surface area contributed by atoms with E-state index in [1.807, 2.05) is 18.2 Å². The molecule has 0 aliphatic heterocycles. The van der Waals surface area contributed by atoms with Crippen LogP contribution in [-0.2, 0) is 25.7 Å². The third-order valence-electron chi connectivity index (χ3n) is 5.53. The van der Waals surface area contributed by atoms with E-state index in [0.29, 0.717) is 12.8 Å². The minimum absolute atomic E-state index is 0.0216. The molecule has 2 amide bonds. The third-order valence-corrected chi connectivity index (χ3v) is 5.53. The van der Waals surface area contributed by atoms with Crippen molar-refractivity contribution in [1.82, 2.24) is 10.6 Å². The highest BCUT2D eigenvalue weighted by molar-refractivity contribution is 5.89. The van der Waals surface area contributed by atoms with Gasteiger partial charge in [-0.15, -0.1) is 6.58 Å². The highest BCUT2D eigenvalue weighted by atomic mass is 16.5. The number of aliphatic hydroxyl groups is 2. The first-order valence-electron chi connectivity index (χ1n) is 10.6. The van der Waals surface area contributed by atoms with Crippen molar-refractivity contribution in [2.45, 2.75) is 56.7 Å². The Bertz CT molecular complexity index is 746. The number of carbonyl (C=O) groups is 3. The van der Waals surface area contributed by atoms with E-state index < -0.39 is 36.0 Å². The molecule has 1 aliphatic carbocycles. The lowest BCUT2D eigenvalue weighted by Crippen LogP contribution is -2.51. The third kappa shape index (κ3) is 7.48. The van der Waals surface area contributed by atoms with Crippen LogP contribution in [0.15, 0.2) is 43.0 Å². The minimum Gasteiger partial charge on any atom is -0.459 e. The lowest BCUT2D eigenvalue weighted by atomic mass is 9.95. The molecule has 1 aromatic carbocycles. The zero-order valence-electron chi connectivity index (χ0n) is 17.7. The Labute approximate surface area is 182 Å². The van der Waals surface area contributed by atoms with Gasteiger partial charge in [0, 0.05) is 6.42 Å². The standard InChI is InChI=1S/C23H32N2O6/c1-2-8-18(13-20(28)25-23(16-27)11-6-7-12-23)21(29)24-19(14-26)22(30)31-15-17-9-4-3-5-10-17/h2-5,9-10,18-19,26-27H,1,6-8,11-16H2,(H,24,29)(H,25,28)/t18-,19-/m1/s1. The second-order valence-electron chi connectivity index (χ2n) is 7.96. The number of ether oxygens (including phenoxy) is 1. The monoisotopic (exact) mass is 432 g/mol. The van der Waals surface area contributed by atoms with E-state index in [9.17, 15) is 24.6 Å². The molecule has 1 aromatic rings. The lowest BCUT2D eigenvalue weighted by Gasteiger charge is -2.29. The van der Waals surface area contributed by atoms with E-state index in [1.54, 1.807) is 12.1 Å². The van der Waals surface area contributed by atoms with Crippen LogP contribution in [-0.4, -0.2) is 52.8 Å². The van der Waals surface area contributed by atoms with Crippen LogP contribution in [0.1, 0.15) is 44.1 Å². The number of amides is 2. The van der Waals surface area contributed by atoms with E-state index in [1.165, 1.54) is 6.08 Å². The lowest BCUT2D eigenvalue weighted by molar-refractivity contribution is -0.150. The number of benzene rings is 1. The SMILES string of the molecule is C=CC[C@H](CC(=O)NC1(CO)CCCC1)C(=O)N[C@H](CO)C(=O)OCc1ccccc1. The minimum atomic E-state index is -1.23. The number of esters is 1. The van der Waals surface area contributed by atoms with Crippen LogP contribution < -0.4 is 10.6 Å². The number of hydrogen-bond donors (Lipinski definition) is 4. The van der Waals surface area contributed by atoms with Gasteiger partial charge in [-0.2, -0.15) is 0 Å². The average molecular weight is 433 g/mol. The molecule has 0 aromatic heterocycles. The van der Waals surface area contributed by atoms with E-state index in [-0.39, 0.29) is 32.0 Å². The first-order valence-corrected chi connectivity index (χ1v) is 10.6. The number of allylic oxidation sites excluding steroid dienone is 1. The van der Waals surface area contributed by atoms with E-state index in [4.69, 9.17) is 4.74 Å². The van der Waals surface area contributed by atoms with Crippen molar-refractivity contribution < 1.29 is 29.3 Å². The van der Waals surface area contributed by atoms with Crippen molar-refractivity contribution in [1.29, 1.82) is 0 Å². The summed E-state index contributed by atoms with van der Waals surface area (Å²) in [4.78, 5) is 37.5. The summed E-state index contributed by atoms with van der Waals surface area (Å²) in [6, 6.07) is 7.82. The molecule has 0 radical (unpaired) electrons. The maximum atomic E-state index is 12.7. The Morgan fingerprint density at radius 1 is 1.16 bits per heavy atom. The van der Waals surface area contributed by atoms with Crippen molar-refractivity contribution in [3.05, 3.63) is 48.6 Å². The molecule has 2 rings (SSSR count). The maximum Gasteiger partial charge on any atom is 0.331 e. The van der Waals surface area contributed by atoms with Crippen molar-refractivity contribution >= 4 is 17.8 Å². The Morgan fingerprint density at radius 2 is 1.84 bits per heavy atom. The number of hydrogen-bond acceptors (Lipinski definition) is 6. The Balaban J connectivity index is 1.91. The number of aliphatic hydroxyl groups excluding tert-OH is 2. The van der Waals surface area contributed by atoms with Gasteiger partial charge in [0.15, 0.2) is 6.04 Å². The molecule has 31 heavy (non-hydrogen) atoms. The second kappa shape index (κ2) is 12.2. The summed E-state index contributed by atoms with van der Waals surface area (Å²) < 4.78 is 5.18. The second-order valence-corrected chi connectivity index (χ2v) is 7.96. The first kappa shape index (κ1) is 24.6. The number of rotatable bonds is 12. The van der Waals surface area contributed by atoms with Gasteiger partial charge in [-0.25, -0.2) is 4.79 Å². The molecule has 1 aliphatic rings. The average Bonchev–Trinajstić information content (AvgIpc) is 3.24. The summed E-state index contributed by atoms with van der Waals surface area (Å²) in [5.41, 5.74) is 0.158. The fourth-order valence-electron chi connectivity index (χ4n) is 3.73. The molecule has 170 valence electrons. The zero-order valence-corrected chi connectivity index (χ0v) is 17.7. The smallest absolute Gasteiger partial charge is 0.331 e. The van der Waals surface area contributed by atoms with Gasteiger partial charge in [0.25, 0.3) is 0 Å². The normalized spacial score (nSPS) is 16.7. The summed E-state index contributed by atoms with van der Waals surface area (Å²) in [5.74, 6) is -2.40. The molecular weight excluding hydrogens is 400 g/mol. The van der Waals surface area contributed by atoms with Crippen LogP contribution in [0.3, 0.4) is 0 Å². The summed E-state index contributed by atoms with van der Waals surface area (Å²) in [6.07, 6.45) is 4.90. The Kier molecular flexibility index (Phi) is 9.68. The fourth-order valence-corrected chi connectivity index (χ4v) is 3.73. The van der Waals surface area contributed by atoms with E-state index in [2.05, 4.69) is 17.2 Å². The van der Waals surface area contributed by atoms with Crippen molar-refractivity contribution in [3.8, 4) is 0 Å². The van der Waals surface area contributed by atoms with Crippen LogP contribution in [0.25, 0.3) is 0 Å². The van der Waals surface area contributed by atoms with Crippen LogP contribution >= 0.6 is 0 Å². The Hall–Kier alpha value is -2.71. The van der Waals surface area contributed by atoms with Gasteiger partial charge in [-0.1, -0.05) is 49.2 Å². The molecule has 0 spiro atoms. The molecule has 4 N–H and O–H groups in total. The molecule has 1 fully saturated rings. The largest absolute Gasteiger partial charge is 0.459 e. The highest BCUT2D eigenvalue weighted by Gasteiger charge is 2.35. The van der Waals surface area contributed by atoms with Gasteiger partial charge in [0.05, 0.1) is 24.7 Å². The highest BCUT2D eigenvalue weighted by Crippen LogP contribution is 2.29. The molecule has 8 nitrogen and oxygen atoms in total. The summed E-state index contributed by atoms with van der Waals surface area (Å²) >= 11 is 0. The molecule has 0 saturated heterocycles. The molecule has 0 heterocycles. The van der Waals surface area contributed by atoms with Gasteiger partial charge in [-0.05, 0) is 24.8 Å². The van der Waals surface area contributed by atoms with Crippen molar-refractivity contribution in [3.63, 3.8) is 0 Å². The molecule has 0 bridgehead atoms. The predicted molar refractivity (Wildman–Crippen MR) is 115 cm³/mol. The quantitative estimate of drug-likeness (QED) is 0.291. The molecule has 8 heteroatoms. The van der Waals surface area contributed by atoms with Gasteiger partial charge in [0.2, 0.25) is 11.8 Å². The number of nitrogens with one attached hydrogen (secondary N) is 2. The van der Waals surface area contributed by atoms with Crippen LogP contribution in [0.5, 0.6) is 0 Å². The van der Waals surface area contributed by atoms with Gasteiger partial charge in [0.1, 0.15) is 6.61 Å². The van der Waals surface area contributed by atoms with Crippen LogP contribution in [0.2, 0.25) is 0 Å². The molecule has 2 atom stereocenters. The molecular formula is C23H32N2O6. The summed E-state index contributed by atoms with van der Waals surface area (Å²) in [6.45, 7) is 2.88. The summed E-state index contributed by atoms with van der Waals surface area (Å²) in [5, 5.41) is 24.6. The van der Waals surface area contributed by atoms with Gasteiger partial charge in [-0.3, -0.25) is 9.59 Å². The van der Waals surface area contributed by atoms with Gasteiger partial charge < -0.3 is 25.6 Å². The summed E-state index contributed by atoms with van der Waals surface area (Å²) in [7, 11) is 0. The van der Waals surface area contributed by atoms with E-state index in [0.717, 1.165) is 18.4 Å². The first-order chi connectivity index (χ1) is 14.9. The van der Waals surface area contributed by atoms with Crippen LogP contribution in [0.4, 0.5) is 0 Å². The van der Waals surface area contributed by atoms with Crippen molar-refractivity contribution in [2.75, 3.05) is 13.2 Å². The molecule has 0 unspecified atom stereocenters. The maximum absolute atomic E-state index is 12.7. The topological polar surface area (TPSA) is 125 Å². The molecule has 1 saturated carbocycles. The van der Waals surface area contributed by atoms with Gasteiger partial charge >= 0.3 is 5.97 Å². The van der Waals surface area contributed by atoms with Crippen LogP contribution in [0, 0.1) is 5.92 Å². The van der Waals surface area contributed by atoms with Crippen molar-refractivity contribution in [2.24, 2.45) is 5.92 Å². The van der Waals surface area contributed by atoms with E-state index >= 15 is 0 Å². The zero-order chi connectivity index (χ0) is 22.7. The Morgan fingerprint density at radius 3 is 2.42 bits per heavy atom. The fraction of sp³-hybridized carbons (Fsp3) is 0.522. The number of carbonyl (C=O) groups excluding carboxylic acids is 3. The predicted octanol–water partition coefficient (Wildman–Crippen LogP) is 1.21.